The standard InChI is InChI=1S/C19H22ClNO2.ClH/c1-2-22-19-11-14(12-21-16-8-9-16)7-10-18(19)23-13-15-5-3-4-6-17(15)20;/h3-7,10-11,16,21H,2,8-9,12-13H2,1H3;1H. The van der Waals surface area contributed by atoms with E-state index in [1.807, 2.05) is 37.3 Å². The van der Waals surface area contributed by atoms with Crippen LogP contribution in [0.15, 0.2) is 42.5 Å². The van der Waals surface area contributed by atoms with Gasteiger partial charge < -0.3 is 14.8 Å². The summed E-state index contributed by atoms with van der Waals surface area (Å²) in [7, 11) is 0. The number of halogens is 2. The fourth-order valence-electron chi connectivity index (χ4n) is 2.37. The van der Waals surface area contributed by atoms with Crippen LogP contribution in [-0.4, -0.2) is 12.6 Å². The highest BCUT2D eigenvalue weighted by Gasteiger charge is 2.20. The molecule has 1 fully saturated rings. The van der Waals surface area contributed by atoms with Gasteiger partial charge in [0.25, 0.3) is 0 Å². The molecule has 1 N–H and O–H groups in total. The van der Waals surface area contributed by atoms with Crippen LogP contribution in [0.4, 0.5) is 0 Å². The molecule has 0 bridgehead atoms. The fraction of sp³-hybridized carbons (Fsp3) is 0.368. The highest BCUT2D eigenvalue weighted by atomic mass is 35.5. The summed E-state index contributed by atoms with van der Waals surface area (Å²) in [6, 6.07) is 14.5. The lowest BCUT2D eigenvalue weighted by molar-refractivity contribution is 0.269. The average Bonchev–Trinajstić information content (AvgIpc) is 3.38. The Bertz CT molecular complexity index is 660. The van der Waals surface area contributed by atoms with Crippen molar-refractivity contribution in [2.75, 3.05) is 6.61 Å². The van der Waals surface area contributed by atoms with Crippen molar-refractivity contribution in [3.8, 4) is 11.5 Å². The van der Waals surface area contributed by atoms with Crippen LogP contribution in [0.3, 0.4) is 0 Å². The average molecular weight is 368 g/mol. The summed E-state index contributed by atoms with van der Waals surface area (Å²) in [6.07, 6.45) is 2.58. The van der Waals surface area contributed by atoms with E-state index in [0.29, 0.717) is 19.3 Å². The third-order valence-corrected chi connectivity index (χ3v) is 4.19. The monoisotopic (exact) mass is 367 g/mol. The van der Waals surface area contributed by atoms with E-state index < -0.39 is 0 Å². The van der Waals surface area contributed by atoms with Crippen LogP contribution in [0.25, 0.3) is 0 Å². The number of rotatable bonds is 8. The molecule has 2 aromatic rings. The molecule has 0 aromatic heterocycles. The van der Waals surface area contributed by atoms with Gasteiger partial charge in [-0.25, -0.2) is 0 Å². The maximum atomic E-state index is 6.17. The van der Waals surface area contributed by atoms with Crippen molar-refractivity contribution in [3.63, 3.8) is 0 Å². The normalized spacial score (nSPS) is 13.2. The second-order valence-electron chi connectivity index (χ2n) is 5.75. The first-order valence-electron chi connectivity index (χ1n) is 8.11. The molecule has 1 aliphatic carbocycles. The molecule has 0 atom stereocenters. The van der Waals surface area contributed by atoms with Gasteiger partial charge in [-0.2, -0.15) is 0 Å². The molecule has 5 heteroatoms. The second kappa shape index (κ2) is 9.16. The van der Waals surface area contributed by atoms with Gasteiger partial charge in [-0.15, -0.1) is 12.4 Å². The van der Waals surface area contributed by atoms with Gasteiger partial charge in [-0.05, 0) is 43.5 Å². The van der Waals surface area contributed by atoms with Gasteiger partial charge in [-0.1, -0.05) is 35.9 Å². The number of benzene rings is 2. The Labute approximate surface area is 154 Å². The molecule has 130 valence electrons. The van der Waals surface area contributed by atoms with Crippen LogP contribution in [0.1, 0.15) is 30.9 Å². The Morgan fingerprint density at radius 1 is 1.08 bits per heavy atom. The lowest BCUT2D eigenvalue weighted by Gasteiger charge is -2.14. The SMILES string of the molecule is CCOc1cc(CNC2CC2)ccc1OCc1ccccc1Cl.Cl. The Hall–Kier alpha value is -1.42. The van der Waals surface area contributed by atoms with Gasteiger partial charge in [0.1, 0.15) is 6.61 Å². The lowest BCUT2D eigenvalue weighted by Crippen LogP contribution is -2.15. The topological polar surface area (TPSA) is 30.5 Å². The molecule has 3 rings (SSSR count). The molecular weight excluding hydrogens is 345 g/mol. The minimum atomic E-state index is 0. The molecular formula is C19H23Cl2NO2. The van der Waals surface area contributed by atoms with Crippen LogP contribution in [0.2, 0.25) is 5.02 Å². The predicted octanol–water partition coefficient (Wildman–Crippen LogP) is 4.99. The summed E-state index contributed by atoms with van der Waals surface area (Å²) in [5.74, 6) is 1.54. The second-order valence-corrected chi connectivity index (χ2v) is 6.16. The number of nitrogens with one attached hydrogen (secondary N) is 1. The first kappa shape index (κ1) is 18.9. The highest BCUT2D eigenvalue weighted by Crippen LogP contribution is 2.30. The van der Waals surface area contributed by atoms with E-state index in [0.717, 1.165) is 28.6 Å². The minimum Gasteiger partial charge on any atom is -0.490 e. The van der Waals surface area contributed by atoms with Gasteiger partial charge in [0, 0.05) is 23.2 Å². The van der Waals surface area contributed by atoms with E-state index in [-0.39, 0.29) is 12.4 Å². The van der Waals surface area contributed by atoms with E-state index in [1.165, 1.54) is 18.4 Å². The summed E-state index contributed by atoms with van der Waals surface area (Å²) < 4.78 is 11.7. The Morgan fingerprint density at radius 3 is 2.58 bits per heavy atom. The first-order valence-corrected chi connectivity index (χ1v) is 8.49. The molecule has 1 aliphatic rings. The molecule has 0 aliphatic heterocycles. The smallest absolute Gasteiger partial charge is 0.161 e. The van der Waals surface area contributed by atoms with Crippen molar-refractivity contribution in [2.45, 2.75) is 39.0 Å². The summed E-state index contributed by atoms with van der Waals surface area (Å²) >= 11 is 6.17. The third-order valence-electron chi connectivity index (χ3n) is 3.82. The van der Waals surface area contributed by atoms with Crippen molar-refractivity contribution in [2.24, 2.45) is 0 Å². The molecule has 24 heavy (non-hydrogen) atoms. The first-order chi connectivity index (χ1) is 11.3. The van der Waals surface area contributed by atoms with Gasteiger partial charge >= 0.3 is 0 Å². The zero-order valence-electron chi connectivity index (χ0n) is 13.8. The van der Waals surface area contributed by atoms with Crippen molar-refractivity contribution < 1.29 is 9.47 Å². The van der Waals surface area contributed by atoms with E-state index >= 15 is 0 Å². The van der Waals surface area contributed by atoms with Crippen LogP contribution >= 0.6 is 24.0 Å². The van der Waals surface area contributed by atoms with Gasteiger partial charge in [-0.3, -0.25) is 0 Å². The van der Waals surface area contributed by atoms with Crippen molar-refractivity contribution in [1.29, 1.82) is 0 Å². The maximum Gasteiger partial charge on any atom is 0.161 e. The summed E-state index contributed by atoms with van der Waals surface area (Å²) in [6.45, 7) is 3.89. The van der Waals surface area contributed by atoms with E-state index in [9.17, 15) is 0 Å². The summed E-state index contributed by atoms with van der Waals surface area (Å²) in [4.78, 5) is 0. The van der Waals surface area contributed by atoms with E-state index in [4.69, 9.17) is 21.1 Å². The number of hydrogen-bond acceptors (Lipinski definition) is 3. The lowest BCUT2D eigenvalue weighted by atomic mass is 10.2. The van der Waals surface area contributed by atoms with E-state index in [1.54, 1.807) is 0 Å². The maximum absolute atomic E-state index is 6.17. The number of hydrogen-bond donors (Lipinski definition) is 1. The van der Waals surface area contributed by atoms with E-state index in [2.05, 4.69) is 17.4 Å². The molecule has 0 heterocycles. The van der Waals surface area contributed by atoms with Crippen molar-refractivity contribution in [1.82, 2.24) is 5.32 Å². The quantitative estimate of drug-likeness (QED) is 0.712. The zero-order chi connectivity index (χ0) is 16.1. The highest BCUT2D eigenvalue weighted by molar-refractivity contribution is 6.31. The van der Waals surface area contributed by atoms with Crippen molar-refractivity contribution >= 4 is 24.0 Å². The Morgan fingerprint density at radius 2 is 1.88 bits per heavy atom. The third kappa shape index (κ3) is 5.30. The Kier molecular flexibility index (Phi) is 7.22. The molecule has 0 radical (unpaired) electrons. The van der Waals surface area contributed by atoms with Crippen LogP contribution in [-0.2, 0) is 13.2 Å². The zero-order valence-corrected chi connectivity index (χ0v) is 15.3. The van der Waals surface area contributed by atoms with Crippen LogP contribution < -0.4 is 14.8 Å². The summed E-state index contributed by atoms with van der Waals surface area (Å²) in [5.41, 5.74) is 2.18. The molecule has 0 unspecified atom stereocenters. The van der Waals surface area contributed by atoms with Gasteiger partial charge in [0.05, 0.1) is 6.61 Å². The Balaban J connectivity index is 0.00000208. The van der Waals surface area contributed by atoms with Crippen molar-refractivity contribution in [3.05, 3.63) is 58.6 Å². The molecule has 0 spiro atoms. The molecule has 2 aromatic carbocycles. The van der Waals surface area contributed by atoms with Gasteiger partial charge in [0.2, 0.25) is 0 Å². The molecule has 3 nitrogen and oxygen atoms in total. The number of ether oxygens (including phenoxy) is 2. The van der Waals surface area contributed by atoms with Crippen LogP contribution in [0.5, 0.6) is 11.5 Å². The largest absolute Gasteiger partial charge is 0.490 e. The van der Waals surface area contributed by atoms with Gasteiger partial charge in [0.15, 0.2) is 11.5 Å². The molecule has 0 saturated heterocycles. The van der Waals surface area contributed by atoms with Crippen LogP contribution in [0, 0.1) is 0 Å². The molecule has 0 amide bonds. The molecule has 1 saturated carbocycles. The summed E-state index contributed by atoms with van der Waals surface area (Å²) in [5, 5.41) is 4.23. The minimum absolute atomic E-state index is 0. The predicted molar refractivity (Wildman–Crippen MR) is 101 cm³/mol. The fourth-order valence-corrected chi connectivity index (χ4v) is 2.56.